The van der Waals surface area contributed by atoms with E-state index in [1.165, 1.54) is 4.90 Å². The Balaban J connectivity index is 1.76. The molecule has 1 unspecified atom stereocenters. The zero-order valence-corrected chi connectivity index (χ0v) is 17.5. The summed E-state index contributed by atoms with van der Waals surface area (Å²) in [5.74, 6) is -0.451. The maximum absolute atomic E-state index is 13.5. The Bertz CT molecular complexity index is 1000. The van der Waals surface area contributed by atoms with Gasteiger partial charge in [0, 0.05) is 25.9 Å². The zero-order chi connectivity index (χ0) is 21.3. The van der Waals surface area contributed by atoms with Crippen LogP contribution in [0.4, 0.5) is 0 Å². The third-order valence-corrected chi connectivity index (χ3v) is 6.08. The summed E-state index contributed by atoms with van der Waals surface area (Å²) in [5, 5.41) is 9.65. The minimum Gasteiger partial charge on any atom is -0.396 e. The topological polar surface area (TPSA) is 73.7 Å². The second-order valence-corrected chi connectivity index (χ2v) is 8.18. The number of benzene rings is 1. The summed E-state index contributed by atoms with van der Waals surface area (Å²) in [5.41, 5.74) is 4.57. The zero-order valence-electron chi connectivity index (χ0n) is 17.5. The highest BCUT2D eigenvalue weighted by Crippen LogP contribution is 2.35. The van der Waals surface area contributed by atoms with Crippen molar-refractivity contribution in [3.8, 4) is 0 Å². The van der Waals surface area contributed by atoms with Crippen LogP contribution in [0.2, 0.25) is 0 Å². The number of carbonyl (C=O) groups is 2. The van der Waals surface area contributed by atoms with E-state index in [4.69, 9.17) is 0 Å². The number of aryl methyl sites for hydroxylation is 2. The molecular formula is C24H27N3O3. The van der Waals surface area contributed by atoms with Crippen molar-refractivity contribution in [3.63, 3.8) is 0 Å². The number of hydrogen-bond acceptors (Lipinski definition) is 5. The lowest BCUT2D eigenvalue weighted by Gasteiger charge is -2.34. The molecule has 2 aliphatic heterocycles. The van der Waals surface area contributed by atoms with Crippen LogP contribution in [0.15, 0.2) is 48.3 Å². The molecule has 0 aliphatic carbocycles. The maximum atomic E-state index is 13.5. The number of carbonyl (C=O) groups excluding carboxylic acids is 2. The van der Waals surface area contributed by atoms with Gasteiger partial charge in [-0.05, 0) is 61.4 Å². The summed E-state index contributed by atoms with van der Waals surface area (Å²) in [6, 6.07) is 11.4. The number of hydrogen-bond donors (Lipinski definition) is 1. The van der Waals surface area contributed by atoms with Crippen molar-refractivity contribution in [1.29, 1.82) is 0 Å². The molecule has 1 aromatic carbocycles. The molecule has 6 heteroatoms. The van der Waals surface area contributed by atoms with E-state index in [-0.39, 0.29) is 30.9 Å². The van der Waals surface area contributed by atoms with Crippen molar-refractivity contribution >= 4 is 17.4 Å². The smallest absolute Gasteiger partial charge is 0.278 e. The van der Waals surface area contributed by atoms with Gasteiger partial charge in [0.1, 0.15) is 5.70 Å². The lowest BCUT2D eigenvalue weighted by atomic mass is 9.96. The molecule has 156 valence electrons. The number of pyridine rings is 1. The predicted molar refractivity (Wildman–Crippen MR) is 114 cm³/mol. The first kappa shape index (κ1) is 20.3. The molecule has 0 radical (unpaired) electrons. The van der Waals surface area contributed by atoms with Gasteiger partial charge in [0.05, 0.1) is 17.8 Å². The van der Waals surface area contributed by atoms with Crippen LogP contribution in [-0.4, -0.2) is 51.4 Å². The number of aromatic nitrogens is 1. The van der Waals surface area contributed by atoms with E-state index in [1.54, 1.807) is 6.20 Å². The summed E-state index contributed by atoms with van der Waals surface area (Å²) in [6.45, 7) is 5.55. The van der Waals surface area contributed by atoms with Crippen molar-refractivity contribution in [1.82, 2.24) is 14.8 Å². The molecule has 0 spiro atoms. The van der Waals surface area contributed by atoms with Crippen LogP contribution in [-0.2, 0) is 16.1 Å². The number of aliphatic hydroxyl groups is 1. The molecule has 1 saturated heterocycles. The predicted octanol–water partition coefficient (Wildman–Crippen LogP) is 2.68. The summed E-state index contributed by atoms with van der Waals surface area (Å²) >= 11 is 0. The second kappa shape index (κ2) is 8.40. The van der Waals surface area contributed by atoms with Gasteiger partial charge in [0.15, 0.2) is 0 Å². The largest absolute Gasteiger partial charge is 0.396 e. The monoisotopic (exact) mass is 405 g/mol. The van der Waals surface area contributed by atoms with Crippen LogP contribution in [0, 0.1) is 19.8 Å². The number of aliphatic hydroxyl groups excluding tert-OH is 1. The first-order valence-electron chi connectivity index (χ1n) is 10.4. The average molecular weight is 405 g/mol. The Morgan fingerprint density at radius 1 is 1.10 bits per heavy atom. The quantitative estimate of drug-likeness (QED) is 0.775. The Hall–Kier alpha value is -2.99. The van der Waals surface area contributed by atoms with Gasteiger partial charge in [-0.1, -0.05) is 24.3 Å². The summed E-state index contributed by atoms with van der Waals surface area (Å²) in [7, 11) is 0. The van der Waals surface area contributed by atoms with Crippen molar-refractivity contribution < 1.29 is 14.7 Å². The normalized spacial score (nSPS) is 19.8. The molecule has 1 aromatic heterocycles. The first-order chi connectivity index (χ1) is 14.5. The fraction of sp³-hybridized carbons (Fsp3) is 0.375. The van der Waals surface area contributed by atoms with Crippen LogP contribution in [0.1, 0.15) is 35.2 Å². The van der Waals surface area contributed by atoms with Crippen molar-refractivity contribution in [2.75, 3.05) is 19.7 Å². The number of rotatable bonds is 5. The molecule has 0 bridgehead atoms. The Labute approximate surface area is 176 Å². The minimum atomic E-state index is -0.282. The first-order valence-corrected chi connectivity index (χ1v) is 10.4. The highest BCUT2D eigenvalue weighted by atomic mass is 16.3. The van der Waals surface area contributed by atoms with Crippen LogP contribution < -0.4 is 0 Å². The lowest BCUT2D eigenvalue weighted by Crippen LogP contribution is -2.40. The van der Waals surface area contributed by atoms with Crippen LogP contribution >= 0.6 is 0 Å². The number of piperidine rings is 1. The Kier molecular flexibility index (Phi) is 5.68. The molecular weight excluding hydrogens is 378 g/mol. The van der Waals surface area contributed by atoms with Crippen molar-refractivity contribution in [3.05, 3.63) is 70.7 Å². The second-order valence-electron chi connectivity index (χ2n) is 8.18. The number of nitrogens with zero attached hydrogens (tertiary/aromatic N) is 3. The summed E-state index contributed by atoms with van der Waals surface area (Å²) in [4.78, 5) is 34.5. The van der Waals surface area contributed by atoms with Gasteiger partial charge in [-0.15, -0.1) is 0 Å². The number of imide groups is 1. The van der Waals surface area contributed by atoms with Gasteiger partial charge in [-0.3, -0.25) is 19.5 Å². The third kappa shape index (κ3) is 3.75. The highest BCUT2D eigenvalue weighted by molar-refractivity contribution is 6.35. The number of amides is 2. The van der Waals surface area contributed by atoms with Gasteiger partial charge in [-0.2, -0.15) is 0 Å². The van der Waals surface area contributed by atoms with E-state index in [0.717, 1.165) is 29.5 Å². The molecule has 1 fully saturated rings. The van der Waals surface area contributed by atoms with Crippen molar-refractivity contribution in [2.45, 2.75) is 33.2 Å². The lowest BCUT2D eigenvalue weighted by molar-refractivity contribution is -0.138. The third-order valence-electron chi connectivity index (χ3n) is 6.08. The van der Waals surface area contributed by atoms with Crippen LogP contribution in [0.3, 0.4) is 0 Å². The van der Waals surface area contributed by atoms with Crippen LogP contribution in [0.25, 0.3) is 5.57 Å². The molecule has 2 aliphatic rings. The van der Waals surface area contributed by atoms with Crippen LogP contribution in [0.5, 0.6) is 0 Å². The molecule has 2 aromatic rings. The minimum absolute atomic E-state index is 0.0859. The fourth-order valence-electron chi connectivity index (χ4n) is 4.23. The fourth-order valence-corrected chi connectivity index (χ4v) is 4.23. The van der Waals surface area contributed by atoms with Gasteiger partial charge in [-0.25, -0.2) is 0 Å². The number of likely N-dealkylation sites (tertiary alicyclic amines) is 1. The Morgan fingerprint density at radius 2 is 1.93 bits per heavy atom. The van der Waals surface area contributed by atoms with Gasteiger partial charge in [0.2, 0.25) is 0 Å². The molecule has 2 amide bonds. The molecule has 0 saturated carbocycles. The molecule has 3 heterocycles. The summed E-state index contributed by atoms with van der Waals surface area (Å²) < 4.78 is 0. The standard InChI is InChI=1S/C24H27N3O3/c1-16-8-9-19(12-17(16)2)21-22(26-11-5-6-18(13-26)15-28)24(30)27(23(21)29)14-20-7-3-4-10-25-20/h3-4,7-10,12,18,28H,5-6,11,13-15H2,1-2H3. The molecule has 1 atom stereocenters. The Morgan fingerprint density at radius 3 is 2.63 bits per heavy atom. The van der Waals surface area contributed by atoms with E-state index >= 15 is 0 Å². The summed E-state index contributed by atoms with van der Waals surface area (Å²) in [6.07, 6.45) is 3.48. The van der Waals surface area contributed by atoms with E-state index in [2.05, 4.69) is 4.98 Å². The van der Waals surface area contributed by atoms with Gasteiger partial charge in [0.25, 0.3) is 11.8 Å². The average Bonchev–Trinajstić information content (AvgIpc) is 3.01. The van der Waals surface area contributed by atoms with E-state index in [9.17, 15) is 14.7 Å². The van der Waals surface area contributed by atoms with E-state index < -0.39 is 0 Å². The van der Waals surface area contributed by atoms with E-state index in [1.807, 2.05) is 55.1 Å². The maximum Gasteiger partial charge on any atom is 0.278 e. The molecule has 4 rings (SSSR count). The SMILES string of the molecule is Cc1ccc(C2=C(N3CCCC(CO)C3)C(=O)N(Cc3ccccn3)C2=O)cc1C. The molecule has 1 N–H and O–H groups in total. The van der Waals surface area contributed by atoms with Gasteiger partial charge < -0.3 is 10.0 Å². The van der Waals surface area contributed by atoms with Gasteiger partial charge >= 0.3 is 0 Å². The van der Waals surface area contributed by atoms with E-state index in [0.29, 0.717) is 30.1 Å². The highest BCUT2D eigenvalue weighted by Gasteiger charge is 2.42. The van der Waals surface area contributed by atoms with Crippen molar-refractivity contribution in [2.24, 2.45) is 5.92 Å². The molecule has 6 nitrogen and oxygen atoms in total. The molecule has 30 heavy (non-hydrogen) atoms.